The highest BCUT2D eigenvalue weighted by Crippen LogP contribution is 2.44. The van der Waals surface area contributed by atoms with Crippen molar-refractivity contribution < 1.29 is 18.0 Å². The monoisotopic (exact) mass is 443 g/mol. The molecule has 1 aliphatic carbocycles. The molecule has 1 aromatic carbocycles. The lowest BCUT2D eigenvalue weighted by Gasteiger charge is -2.38. The van der Waals surface area contributed by atoms with Gasteiger partial charge in [0.15, 0.2) is 5.69 Å². The average molecular weight is 443 g/mol. The maximum absolute atomic E-state index is 13.6. The Morgan fingerprint density at radius 3 is 2.50 bits per heavy atom. The van der Waals surface area contributed by atoms with Crippen LogP contribution in [0.25, 0.3) is 5.69 Å². The van der Waals surface area contributed by atoms with Gasteiger partial charge in [0.2, 0.25) is 0 Å². The number of nitrogens with one attached hydrogen (secondary N) is 1. The number of alkyl halides is 3. The van der Waals surface area contributed by atoms with E-state index >= 15 is 0 Å². The molecule has 5 rings (SSSR count). The molecule has 2 bridgehead atoms. The van der Waals surface area contributed by atoms with Gasteiger partial charge in [-0.1, -0.05) is 12.1 Å². The molecule has 3 aromatic rings. The summed E-state index contributed by atoms with van der Waals surface area (Å²) >= 11 is 0. The predicted molar refractivity (Wildman–Crippen MR) is 108 cm³/mol. The number of aromatic nitrogens is 5. The first-order valence-corrected chi connectivity index (χ1v) is 10.3. The summed E-state index contributed by atoms with van der Waals surface area (Å²) in [6, 6.07) is 6.98. The summed E-state index contributed by atoms with van der Waals surface area (Å²) < 4.78 is 38.2. The van der Waals surface area contributed by atoms with Crippen molar-refractivity contribution in [2.45, 2.75) is 44.1 Å². The van der Waals surface area contributed by atoms with Crippen molar-refractivity contribution in [2.75, 3.05) is 5.32 Å². The lowest BCUT2D eigenvalue weighted by atomic mass is 9.97. The van der Waals surface area contributed by atoms with E-state index in [0.29, 0.717) is 23.4 Å². The molecule has 1 amide bonds. The molecular formula is C21H20F3N7O. The molecule has 2 fully saturated rings. The fourth-order valence-electron chi connectivity index (χ4n) is 4.82. The molecule has 1 N–H and O–H groups in total. The molecule has 1 aliphatic heterocycles. The van der Waals surface area contributed by atoms with Crippen molar-refractivity contribution in [3.05, 3.63) is 60.3 Å². The van der Waals surface area contributed by atoms with Crippen LogP contribution in [-0.4, -0.2) is 53.9 Å². The van der Waals surface area contributed by atoms with E-state index in [-0.39, 0.29) is 29.9 Å². The number of piperidine rings is 1. The summed E-state index contributed by atoms with van der Waals surface area (Å²) in [5.74, 6) is 0.429. The average Bonchev–Trinajstić information content (AvgIpc) is 3.50. The van der Waals surface area contributed by atoms with Gasteiger partial charge in [-0.3, -0.25) is 4.79 Å². The maximum Gasteiger partial charge on any atom is 0.434 e. The Hall–Kier alpha value is -3.50. The number of likely N-dealkylation sites (tertiary alicyclic amines) is 1. The summed E-state index contributed by atoms with van der Waals surface area (Å²) in [4.78, 5) is 24.2. The molecule has 0 spiro atoms. The van der Waals surface area contributed by atoms with Gasteiger partial charge in [-0.15, -0.1) is 0 Å². The second-order valence-corrected chi connectivity index (χ2v) is 8.12. The highest BCUT2D eigenvalue weighted by atomic mass is 19.4. The lowest BCUT2D eigenvalue weighted by Crippen LogP contribution is -2.51. The first-order chi connectivity index (χ1) is 15.3. The number of para-hydroxylation sites is 1. The Kier molecular flexibility index (Phi) is 4.83. The number of rotatable bonds is 4. The van der Waals surface area contributed by atoms with Crippen LogP contribution in [0.2, 0.25) is 0 Å². The summed E-state index contributed by atoms with van der Waals surface area (Å²) in [5, 5.41) is 11.5. The largest absolute Gasteiger partial charge is 0.434 e. The lowest BCUT2D eigenvalue weighted by molar-refractivity contribution is -0.141. The van der Waals surface area contributed by atoms with E-state index in [4.69, 9.17) is 0 Å². The molecule has 8 nitrogen and oxygen atoms in total. The minimum absolute atomic E-state index is 0.0443. The molecule has 3 heterocycles. The molecule has 1 saturated carbocycles. The standard InChI is InChI=1S/C21H20F3N7O/c1-12-13-8-15(29-19-11-25-18(10-26-19)21(22,23)24)17(9-13)30(12)20(32)14-4-2-3-5-16(14)31-27-6-7-28-31/h2-7,10-13,15,17H,8-9H2,1H3,(H,26,29)/t12-,13+,15-,17+/m1/s1. The molecule has 166 valence electrons. The van der Waals surface area contributed by atoms with Crippen LogP contribution >= 0.6 is 0 Å². The van der Waals surface area contributed by atoms with Crippen molar-refractivity contribution in [3.8, 4) is 5.69 Å². The first kappa shape index (κ1) is 20.4. The summed E-state index contributed by atoms with van der Waals surface area (Å²) in [6.07, 6.45) is 1.99. The van der Waals surface area contributed by atoms with Crippen molar-refractivity contribution in [2.24, 2.45) is 5.92 Å². The zero-order valence-electron chi connectivity index (χ0n) is 17.1. The summed E-state index contributed by atoms with van der Waals surface area (Å²) in [6.45, 7) is 2.03. The van der Waals surface area contributed by atoms with Crippen LogP contribution in [0.5, 0.6) is 0 Å². The number of carbonyl (C=O) groups is 1. The smallest absolute Gasteiger partial charge is 0.364 e. The maximum atomic E-state index is 13.6. The Morgan fingerprint density at radius 1 is 1.09 bits per heavy atom. The number of anilines is 1. The number of hydrogen-bond donors (Lipinski definition) is 1. The third-order valence-electron chi connectivity index (χ3n) is 6.32. The van der Waals surface area contributed by atoms with Crippen molar-refractivity contribution >= 4 is 11.7 Å². The molecular weight excluding hydrogens is 423 g/mol. The van der Waals surface area contributed by atoms with E-state index in [1.165, 1.54) is 4.80 Å². The molecule has 1 saturated heterocycles. The van der Waals surface area contributed by atoms with Gasteiger partial charge in [-0.25, -0.2) is 9.97 Å². The zero-order chi connectivity index (χ0) is 22.5. The molecule has 2 aliphatic rings. The van der Waals surface area contributed by atoms with E-state index in [0.717, 1.165) is 19.0 Å². The van der Waals surface area contributed by atoms with E-state index < -0.39 is 11.9 Å². The third-order valence-corrected chi connectivity index (χ3v) is 6.32. The van der Waals surface area contributed by atoms with Gasteiger partial charge in [-0.2, -0.15) is 28.2 Å². The Bertz CT molecular complexity index is 1120. The Balaban J connectivity index is 1.38. The second-order valence-electron chi connectivity index (χ2n) is 8.12. The second kappa shape index (κ2) is 7.57. The molecule has 0 radical (unpaired) electrons. The van der Waals surface area contributed by atoms with Crippen LogP contribution in [0.15, 0.2) is 49.1 Å². The number of hydrogen-bond acceptors (Lipinski definition) is 6. The SMILES string of the molecule is C[C@@H]1[C@H]2C[C@@H](Nc3cnc(C(F)(F)F)cn3)[C@H](C2)N1C(=O)c1ccccc1-n1nccn1. The molecule has 2 aromatic heterocycles. The fourth-order valence-corrected chi connectivity index (χ4v) is 4.82. The van der Waals surface area contributed by atoms with Gasteiger partial charge in [-0.05, 0) is 37.8 Å². The van der Waals surface area contributed by atoms with Crippen molar-refractivity contribution in [3.63, 3.8) is 0 Å². The van der Waals surface area contributed by atoms with Crippen molar-refractivity contribution in [1.82, 2.24) is 29.9 Å². The fraction of sp³-hybridized carbons (Fsp3) is 0.381. The van der Waals surface area contributed by atoms with Gasteiger partial charge in [0.05, 0.1) is 42.1 Å². The summed E-state index contributed by atoms with van der Waals surface area (Å²) in [5.41, 5.74) is 0.0528. The van der Waals surface area contributed by atoms with Crippen LogP contribution < -0.4 is 5.32 Å². The van der Waals surface area contributed by atoms with Crippen LogP contribution in [0.4, 0.5) is 19.0 Å². The van der Waals surface area contributed by atoms with E-state index in [1.54, 1.807) is 30.6 Å². The van der Waals surface area contributed by atoms with Gasteiger partial charge in [0, 0.05) is 12.1 Å². The van der Waals surface area contributed by atoms with Crippen molar-refractivity contribution in [1.29, 1.82) is 0 Å². The van der Waals surface area contributed by atoms with E-state index in [2.05, 4.69) is 25.5 Å². The van der Waals surface area contributed by atoms with Gasteiger partial charge < -0.3 is 10.2 Å². The predicted octanol–water partition coefficient (Wildman–Crippen LogP) is 3.18. The summed E-state index contributed by atoms with van der Waals surface area (Å²) in [7, 11) is 0. The number of fused-ring (bicyclic) bond motifs is 2. The Morgan fingerprint density at radius 2 is 1.84 bits per heavy atom. The van der Waals surface area contributed by atoms with Crippen LogP contribution in [0, 0.1) is 5.92 Å². The van der Waals surface area contributed by atoms with Gasteiger partial charge in [0.25, 0.3) is 5.91 Å². The zero-order valence-corrected chi connectivity index (χ0v) is 17.1. The highest BCUT2D eigenvalue weighted by molar-refractivity contribution is 5.98. The van der Waals surface area contributed by atoms with Gasteiger partial charge >= 0.3 is 6.18 Å². The normalized spacial score (nSPS) is 24.7. The minimum Gasteiger partial charge on any atom is -0.364 e. The number of halogens is 3. The molecule has 0 unspecified atom stereocenters. The van der Waals surface area contributed by atoms with Crippen LogP contribution in [0.3, 0.4) is 0 Å². The number of nitrogens with zero attached hydrogens (tertiary/aromatic N) is 6. The van der Waals surface area contributed by atoms with Crippen LogP contribution in [-0.2, 0) is 6.18 Å². The molecule has 4 atom stereocenters. The van der Waals surface area contributed by atoms with Crippen LogP contribution in [0.1, 0.15) is 35.8 Å². The van der Waals surface area contributed by atoms with Gasteiger partial charge in [0.1, 0.15) is 5.82 Å². The topological polar surface area (TPSA) is 88.8 Å². The highest BCUT2D eigenvalue weighted by Gasteiger charge is 2.51. The van der Waals surface area contributed by atoms with E-state index in [9.17, 15) is 18.0 Å². The number of benzene rings is 1. The molecule has 11 heteroatoms. The molecule has 32 heavy (non-hydrogen) atoms. The minimum atomic E-state index is -4.53. The number of carbonyl (C=O) groups excluding carboxylic acids is 1. The van der Waals surface area contributed by atoms with E-state index in [1.807, 2.05) is 17.9 Å². The Labute approximate surface area is 181 Å². The first-order valence-electron chi connectivity index (χ1n) is 10.3. The quantitative estimate of drug-likeness (QED) is 0.666. The number of amides is 1. The third kappa shape index (κ3) is 3.47.